The summed E-state index contributed by atoms with van der Waals surface area (Å²) in [5.74, 6) is -0.149. The molecule has 2 unspecified atom stereocenters. The average Bonchev–Trinajstić information content (AvgIpc) is 2.88. The first-order chi connectivity index (χ1) is 11.1. The van der Waals surface area contributed by atoms with E-state index >= 15 is 0 Å². The van der Waals surface area contributed by atoms with E-state index in [1.807, 2.05) is 12.1 Å². The van der Waals surface area contributed by atoms with Gasteiger partial charge in [-0.2, -0.15) is 0 Å². The molecule has 2 aliphatic heterocycles. The van der Waals surface area contributed by atoms with E-state index in [0.717, 1.165) is 44.8 Å². The van der Waals surface area contributed by atoms with Crippen LogP contribution < -0.4 is 0 Å². The maximum atomic E-state index is 13.0. The van der Waals surface area contributed by atoms with Crippen LogP contribution in [0.2, 0.25) is 0 Å². The summed E-state index contributed by atoms with van der Waals surface area (Å²) in [5.41, 5.74) is 1.21. The minimum atomic E-state index is -0.149. The third kappa shape index (κ3) is 4.52. The van der Waals surface area contributed by atoms with Gasteiger partial charge in [-0.1, -0.05) is 12.1 Å². The van der Waals surface area contributed by atoms with Crippen molar-refractivity contribution in [3.8, 4) is 0 Å². The number of halogens is 1. The lowest BCUT2D eigenvalue weighted by Crippen LogP contribution is -2.48. The molecular weight excluding hydrogens is 289 g/mol. The van der Waals surface area contributed by atoms with Crippen molar-refractivity contribution < 1.29 is 4.39 Å². The van der Waals surface area contributed by atoms with Crippen LogP contribution in [0.25, 0.3) is 0 Å². The molecule has 2 heterocycles. The molecule has 0 aromatic heterocycles. The lowest BCUT2D eigenvalue weighted by atomic mass is 10.2. The Morgan fingerprint density at radius 2 is 1.43 bits per heavy atom. The fraction of sp³-hybridized carbons (Fsp3) is 0.684. The van der Waals surface area contributed by atoms with Crippen LogP contribution in [-0.2, 0) is 6.54 Å². The summed E-state index contributed by atoms with van der Waals surface area (Å²) in [5, 5.41) is 0. The molecule has 3 rings (SSSR count). The predicted molar refractivity (Wildman–Crippen MR) is 93.0 cm³/mol. The molecule has 0 saturated carbocycles. The van der Waals surface area contributed by atoms with E-state index in [4.69, 9.17) is 0 Å². The largest absolute Gasteiger partial charge is 0.300 e. The SMILES string of the molecule is CC1CCC(C)N1CCN1CCN(Cc2ccc(F)cc2)CC1. The summed E-state index contributed by atoms with van der Waals surface area (Å²) in [6.07, 6.45) is 2.71. The summed E-state index contributed by atoms with van der Waals surface area (Å²) in [6, 6.07) is 8.43. The van der Waals surface area contributed by atoms with Crippen molar-refractivity contribution in [3.63, 3.8) is 0 Å². The molecular formula is C19H30FN3. The van der Waals surface area contributed by atoms with Gasteiger partial charge in [-0.05, 0) is 44.4 Å². The van der Waals surface area contributed by atoms with Gasteiger partial charge in [0, 0.05) is 57.9 Å². The highest BCUT2D eigenvalue weighted by atomic mass is 19.1. The van der Waals surface area contributed by atoms with Crippen LogP contribution in [0.3, 0.4) is 0 Å². The van der Waals surface area contributed by atoms with E-state index in [0.29, 0.717) is 0 Å². The molecule has 0 radical (unpaired) electrons. The van der Waals surface area contributed by atoms with Crippen LogP contribution in [0, 0.1) is 5.82 Å². The standard InChI is InChI=1S/C19H30FN3/c1-16-3-4-17(2)23(16)14-13-21-9-11-22(12-10-21)15-18-5-7-19(20)8-6-18/h5-8,16-17H,3-4,9-15H2,1-2H3. The molecule has 23 heavy (non-hydrogen) atoms. The second-order valence-electron chi connectivity index (χ2n) is 7.26. The number of nitrogens with zero attached hydrogens (tertiary/aromatic N) is 3. The molecule has 2 saturated heterocycles. The number of piperazine rings is 1. The topological polar surface area (TPSA) is 9.72 Å². The first kappa shape index (κ1) is 16.9. The van der Waals surface area contributed by atoms with Gasteiger partial charge in [0.1, 0.15) is 5.82 Å². The van der Waals surface area contributed by atoms with Crippen molar-refractivity contribution in [1.82, 2.24) is 14.7 Å². The number of benzene rings is 1. The Morgan fingerprint density at radius 3 is 2.04 bits per heavy atom. The third-order valence-corrected chi connectivity index (χ3v) is 5.59. The van der Waals surface area contributed by atoms with Gasteiger partial charge >= 0.3 is 0 Å². The van der Waals surface area contributed by atoms with Crippen LogP contribution >= 0.6 is 0 Å². The maximum absolute atomic E-state index is 13.0. The van der Waals surface area contributed by atoms with Crippen molar-refractivity contribution >= 4 is 0 Å². The van der Waals surface area contributed by atoms with E-state index < -0.39 is 0 Å². The van der Waals surface area contributed by atoms with Crippen LogP contribution in [0.4, 0.5) is 4.39 Å². The summed E-state index contributed by atoms with van der Waals surface area (Å²) < 4.78 is 13.0. The Balaban J connectivity index is 1.39. The van der Waals surface area contributed by atoms with Crippen LogP contribution in [0.15, 0.2) is 24.3 Å². The van der Waals surface area contributed by atoms with Gasteiger partial charge in [-0.25, -0.2) is 4.39 Å². The molecule has 1 aromatic rings. The van der Waals surface area contributed by atoms with E-state index in [1.54, 1.807) is 12.1 Å². The zero-order valence-electron chi connectivity index (χ0n) is 14.5. The molecule has 2 fully saturated rings. The Hall–Kier alpha value is -0.970. The van der Waals surface area contributed by atoms with Crippen LogP contribution in [0.5, 0.6) is 0 Å². The fourth-order valence-electron chi connectivity index (χ4n) is 3.97. The van der Waals surface area contributed by atoms with E-state index in [9.17, 15) is 4.39 Å². The second-order valence-corrected chi connectivity index (χ2v) is 7.26. The monoisotopic (exact) mass is 319 g/mol. The first-order valence-electron chi connectivity index (χ1n) is 9.07. The van der Waals surface area contributed by atoms with E-state index in [-0.39, 0.29) is 5.82 Å². The minimum absolute atomic E-state index is 0.149. The van der Waals surface area contributed by atoms with Crippen LogP contribution in [-0.4, -0.2) is 66.1 Å². The molecule has 0 N–H and O–H groups in total. The number of rotatable bonds is 5. The van der Waals surface area contributed by atoms with Gasteiger partial charge in [-0.15, -0.1) is 0 Å². The molecule has 2 aliphatic rings. The van der Waals surface area contributed by atoms with Crippen molar-refractivity contribution in [3.05, 3.63) is 35.6 Å². The average molecular weight is 319 g/mol. The minimum Gasteiger partial charge on any atom is -0.300 e. The van der Waals surface area contributed by atoms with Crippen molar-refractivity contribution in [2.75, 3.05) is 39.3 Å². The van der Waals surface area contributed by atoms with Gasteiger partial charge in [0.15, 0.2) is 0 Å². The lowest BCUT2D eigenvalue weighted by molar-refractivity contribution is 0.106. The number of hydrogen-bond donors (Lipinski definition) is 0. The predicted octanol–water partition coefficient (Wildman–Crippen LogP) is 2.82. The van der Waals surface area contributed by atoms with Gasteiger partial charge in [0.2, 0.25) is 0 Å². The highest BCUT2D eigenvalue weighted by Crippen LogP contribution is 2.22. The summed E-state index contributed by atoms with van der Waals surface area (Å²) in [6.45, 7) is 12.6. The van der Waals surface area contributed by atoms with Crippen LogP contribution in [0.1, 0.15) is 32.3 Å². The number of hydrogen-bond acceptors (Lipinski definition) is 3. The Morgan fingerprint density at radius 1 is 0.870 bits per heavy atom. The molecule has 0 spiro atoms. The summed E-state index contributed by atoms with van der Waals surface area (Å²) in [4.78, 5) is 7.74. The van der Waals surface area contributed by atoms with Gasteiger partial charge in [-0.3, -0.25) is 14.7 Å². The van der Waals surface area contributed by atoms with Gasteiger partial charge < -0.3 is 0 Å². The highest BCUT2D eigenvalue weighted by molar-refractivity contribution is 5.15. The summed E-state index contributed by atoms with van der Waals surface area (Å²) >= 11 is 0. The normalized spacial score (nSPS) is 27.6. The quantitative estimate of drug-likeness (QED) is 0.826. The van der Waals surface area contributed by atoms with Crippen molar-refractivity contribution in [1.29, 1.82) is 0 Å². The lowest BCUT2D eigenvalue weighted by Gasteiger charge is -2.36. The van der Waals surface area contributed by atoms with Gasteiger partial charge in [0.25, 0.3) is 0 Å². The Kier molecular flexibility index (Phi) is 5.67. The molecule has 3 nitrogen and oxygen atoms in total. The zero-order valence-corrected chi connectivity index (χ0v) is 14.5. The Labute approximate surface area is 140 Å². The smallest absolute Gasteiger partial charge is 0.123 e. The highest BCUT2D eigenvalue weighted by Gasteiger charge is 2.27. The molecule has 0 aliphatic carbocycles. The van der Waals surface area contributed by atoms with Crippen molar-refractivity contribution in [2.24, 2.45) is 0 Å². The molecule has 0 bridgehead atoms. The molecule has 0 amide bonds. The summed E-state index contributed by atoms with van der Waals surface area (Å²) in [7, 11) is 0. The van der Waals surface area contributed by atoms with Gasteiger partial charge in [0.05, 0.1) is 0 Å². The Bertz CT molecular complexity index is 472. The molecule has 2 atom stereocenters. The first-order valence-corrected chi connectivity index (χ1v) is 9.07. The van der Waals surface area contributed by atoms with E-state index in [1.165, 1.54) is 31.5 Å². The zero-order chi connectivity index (χ0) is 16.2. The van der Waals surface area contributed by atoms with Crippen molar-refractivity contribution in [2.45, 2.75) is 45.3 Å². The molecule has 128 valence electrons. The molecule has 4 heteroatoms. The second kappa shape index (κ2) is 7.73. The number of likely N-dealkylation sites (tertiary alicyclic amines) is 1. The third-order valence-electron chi connectivity index (χ3n) is 5.59. The maximum Gasteiger partial charge on any atom is 0.123 e. The fourth-order valence-corrected chi connectivity index (χ4v) is 3.97. The van der Waals surface area contributed by atoms with E-state index in [2.05, 4.69) is 28.5 Å². The molecule has 1 aromatic carbocycles.